The average molecular weight is 222 g/mol. The number of halogens is 1. The highest BCUT2D eigenvalue weighted by atomic mass is 19.1. The van der Waals surface area contributed by atoms with Gasteiger partial charge in [-0.2, -0.15) is 0 Å². The Bertz CT molecular complexity index is 294. The molecule has 0 unspecified atom stereocenters. The van der Waals surface area contributed by atoms with Crippen molar-refractivity contribution in [1.29, 1.82) is 0 Å². The molecule has 0 spiro atoms. The Balaban J connectivity index is 1.81. The van der Waals surface area contributed by atoms with Crippen LogP contribution in [0.3, 0.4) is 0 Å². The molecule has 88 valence electrons. The molecule has 0 aromatic heterocycles. The largest absolute Gasteiger partial charge is 0.369 e. The minimum atomic E-state index is -0.196. The summed E-state index contributed by atoms with van der Waals surface area (Å²) in [6.45, 7) is 4.91. The Hall–Kier alpha value is -1.09. The van der Waals surface area contributed by atoms with Crippen LogP contribution in [0.5, 0.6) is 0 Å². The highest BCUT2D eigenvalue weighted by Gasteiger charge is 2.16. The topological polar surface area (TPSA) is 6.48 Å². The molecule has 1 aromatic carbocycles. The van der Waals surface area contributed by atoms with E-state index in [-0.39, 0.29) is 6.67 Å². The third kappa shape index (κ3) is 2.95. The first kappa shape index (κ1) is 11.4. The second-order valence-electron chi connectivity index (χ2n) is 4.21. The highest BCUT2D eigenvalue weighted by Crippen LogP contribution is 2.15. The molecule has 1 aliphatic rings. The average Bonchev–Trinajstić information content (AvgIpc) is 2.38. The molecular formula is C13H19FN2. The van der Waals surface area contributed by atoms with E-state index in [4.69, 9.17) is 0 Å². The minimum absolute atomic E-state index is 0.196. The smallest absolute Gasteiger partial charge is 0.0906 e. The molecule has 1 aliphatic heterocycles. The molecule has 1 aromatic rings. The molecule has 2 nitrogen and oxygen atoms in total. The lowest BCUT2D eigenvalue weighted by Gasteiger charge is -2.36. The monoisotopic (exact) mass is 222 g/mol. The summed E-state index contributed by atoms with van der Waals surface area (Å²) in [4.78, 5) is 4.74. The number of piperazine rings is 1. The van der Waals surface area contributed by atoms with Crippen LogP contribution in [-0.2, 0) is 0 Å². The van der Waals surface area contributed by atoms with Crippen molar-refractivity contribution < 1.29 is 4.39 Å². The first-order valence-corrected chi connectivity index (χ1v) is 5.98. The van der Waals surface area contributed by atoms with E-state index >= 15 is 0 Å². The molecule has 0 atom stereocenters. The van der Waals surface area contributed by atoms with E-state index in [2.05, 4.69) is 34.1 Å². The third-order valence-corrected chi connectivity index (χ3v) is 3.10. The van der Waals surface area contributed by atoms with Gasteiger partial charge in [-0.3, -0.25) is 9.29 Å². The molecule has 1 heterocycles. The fraction of sp³-hybridized carbons (Fsp3) is 0.538. The Kier molecular flexibility index (Phi) is 4.17. The molecule has 0 saturated carbocycles. The van der Waals surface area contributed by atoms with E-state index in [1.807, 2.05) is 6.07 Å². The Morgan fingerprint density at radius 2 is 1.69 bits per heavy atom. The molecule has 1 saturated heterocycles. The maximum absolute atomic E-state index is 12.1. The standard InChI is InChI=1S/C13H19FN2/c14-7-4-8-15-9-11-16(12-10-15)13-5-2-1-3-6-13/h1-3,5-6H,4,7-12H2. The first-order chi connectivity index (χ1) is 7.90. The Labute approximate surface area is 96.7 Å². The van der Waals surface area contributed by atoms with Gasteiger partial charge in [0.15, 0.2) is 0 Å². The van der Waals surface area contributed by atoms with Crippen LogP contribution in [0.4, 0.5) is 10.1 Å². The van der Waals surface area contributed by atoms with Gasteiger partial charge >= 0.3 is 0 Å². The molecule has 16 heavy (non-hydrogen) atoms. The summed E-state index contributed by atoms with van der Waals surface area (Å²) in [5.74, 6) is 0. The van der Waals surface area contributed by atoms with Gasteiger partial charge in [0.25, 0.3) is 0 Å². The molecule has 3 heteroatoms. The third-order valence-electron chi connectivity index (χ3n) is 3.10. The van der Waals surface area contributed by atoms with Crippen molar-refractivity contribution in [2.75, 3.05) is 44.3 Å². The summed E-state index contributed by atoms with van der Waals surface area (Å²) in [6, 6.07) is 10.5. The SMILES string of the molecule is FCCCN1CCN(c2ccccc2)CC1. The van der Waals surface area contributed by atoms with E-state index in [1.54, 1.807) is 0 Å². The lowest BCUT2D eigenvalue weighted by molar-refractivity contribution is 0.245. The summed E-state index contributed by atoms with van der Waals surface area (Å²) >= 11 is 0. The number of rotatable bonds is 4. The fourth-order valence-electron chi connectivity index (χ4n) is 2.15. The molecule has 0 N–H and O–H groups in total. The van der Waals surface area contributed by atoms with E-state index in [0.29, 0.717) is 6.42 Å². The van der Waals surface area contributed by atoms with Gasteiger partial charge in [0.05, 0.1) is 6.67 Å². The van der Waals surface area contributed by atoms with Crippen LogP contribution in [0, 0.1) is 0 Å². The summed E-state index contributed by atoms with van der Waals surface area (Å²) in [5.41, 5.74) is 1.30. The number of nitrogens with zero attached hydrogens (tertiary/aromatic N) is 2. The van der Waals surface area contributed by atoms with Crippen molar-refractivity contribution in [2.24, 2.45) is 0 Å². The number of benzene rings is 1. The lowest BCUT2D eigenvalue weighted by atomic mass is 10.2. The fourth-order valence-corrected chi connectivity index (χ4v) is 2.15. The summed E-state index contributed by atoms with van der Waals surface area (Å²) < 4.78 is 12.1. The van der Waals surface area contributed by atoms with Crippen LogP contribution >= 0.6 is 0 Å². The molecule has 0 amide bonds. The van der Waals surface area contributed by atoms with Crippen LogP contribution in [0.25, 0.3) is 0 Å². The van der Waals surface area contributed by atoms with Crippen LogP contribution in [0.2, 0.25) is 0 Å². The zero-order valence-corrected chi connectivity index (χ0v) is 9.61. The van der Waals surface area contributed by atoms with Gasteiger partial charge in [-0.25, -0.2) is 0 Å². The normalized spacial score (nSPS) is 17.7. The molecule has 0 aliphatic carbocycles. The molecule has 1 fully saturated rings. The second-order valence-corrected chi connectivity index (χ2v) is 4.21. The van der Waals surface area contributed by atoms with Crippen LogP contribution in [0.1, 0.15) is 6.42 Å². The van der Waals surface area contributed by atoms with Crippen molar-refractivity contribution >= 4 is 5.69 Å². The number of anilines is 1. The number of hydrogen-bond donors (Lipinski definition) is 0. The quantitative estimate of drug-likeness (QED) is 0.770. The molecule has 2 rings (SSSR count). The number of alkyl halides is 1. The maximum atomic E-state index is 12.1. The lowest BCUT2D eigenvalue weighted by Crippen LogP contribution is -2.46. The van der Waals surface area contributed by atoms with Gasteiger partial charge in [0, 0.05) is 38.4 Å². The Morgan fingerprint density at radius 3 is 2.31 bits per heavy atom. The summed E-state index contributed by atoms with van der Waals surface area (Å²) in [7, 11) is 0. The van der Waals surface area contributed by atoms with Crippen molar-refractivity contribution in [3.05, 3.63) is 30.3 Å². The Morgan fingerprint density at radius 1 is 1.00 bits per heavy atom. The molecule has 0 bridgehead atoms. The van der Waals surface area contributed by atoms with Gasteiger partial charge in [-0.15, -0.1) is 0 Å². The van der Waals surface area contributed by atoms with Gasteiger partial charge in [-0.1, -0.05) is 18.2 Å². The second kappa shape index (κ2) is 5.85. The molecular weight excluding hydrogens is 203 g/mol. The molecule has 0 radical (unpaired) electrons. The predicted octanol–water partition coefficient (Wildman–Crippen LogP) is 2.17. The van der Waals surface area contributed by atoms with Crippen LogP contribution < -0.4 is 4.90 Å². The number of hydrogen-bond acceptors (Lipinski definition) is 2. The van der Waals surface area contributed by atoms with Crippen molar-refractivity contribution in [3.8, 4) is 0 Å². The van der Waals surface area contributed by atoms with Gasteiger partial charge in [-0.05, 0) is 18.6 Å². The van der Waals surface area contributed by atoms with E-state index < -0.39 is 0 Å². The van der Waals surface area contributed by atoms with Gasteiger partial charge < -0.3 is 4.90 Å². The number of para-hydroxylation sites is 1. The zero-order chi connectivity index (χ0) is 11.2. The minimum Gasteiger partial charge on any atom is -0.369 e. The van der Waals surface area contributed by atoms with E-state index in [9.17, 15) is 4.39 Å². The summed E-state index contributed by atoms with van der Waals surface area (Å²) in [5, 5.41) is 0. The summed E-state index contributed by atoms with van der Waals surface area (Å²) in [6.07, 6.45) is 0.672. The predicted molar refractivity (Wildman–Crippen MR) is 65.7 cm³/mol. The van der Waals surface area contributed by atoms with Crippen LogP contribution in [0.15, 0.2) is 30.3 Å². The van der Waals surface area contributed by atoms with Crippen molar-refractivity contribution in [3.63, 3.8) is 0 Å². The van der Waals surface area contributed by atoms with Crippen LogP contribution in [-0.4, -0.2) is 44.3 Å². The van der Waals surface area contributed by atoms with Gasteiger partial charge in [0.1, 0.15) is 0 Å². The van der Waals surface area contributed by atoms with Gasteiger partial charge in [0.2, 0.25) is 0 Å². The zero-order valence-electron chi connectivity index (χ0n) is 9.61. The maximum Gasteiger partial charge on any atom is 0.0906 e. The first-order valence-electron chi connectivity index (χ1n) is 5.98. The van der Waals surface area contributed by atoms with Crippen molar-refractivity contribution in [2.45, 2.75) is 6.42 Å². The van der Waals surface area contributed by atoms with Crippen molar-refractivity contribution in [1.82, 2.24) is 4.90 Å². The highest BCUT2D eigenvalue weighted by molar-refractivity contribution is 5.46. The van der Waals surface area contributed by atoms with E-state index in [1.165, 1.54) is 5.69 Å². The van der Waals surface area contributed by atoms with E-state index in [0.717, 1.165) is 32.7 Å².